The first-order valence-electron chi connectivity index (χ1n) is 8.95. The molecule has 0 N–H and O–H groups in total. The van der Waals surface area contributed by atoms with E-state index < -0.39 is 15.9 Å². The first-order valence-corrected chi connectivity index (χ1v) is 11.8. The lowest BCUT2D eigenvalue weighted by Gasteiger charge is -2.19. The Balaban J connectivity index is 2.19. The highest BCUT2D eigenvalue weighted by atomic mass is 32.2. The van der Waals surface area contributed by atoms with Crippen molar-refractivity contribution in [1.29, 1.82) is 0 Å². The minimum absolute atomic E-state index is 0.214. The SMILES string of the molecule is CCOc1cc([C@@H](CS(C)(=O)=O)n2sc3ccc(OC)cc3c2=O)ccc1OC. The van der Waals surface area contributed by atoms with Crippen molar-refractivity contribution in [3.8, 4) is 17.2 Å². The average Bonchev–Trinajstić information content (AvgIpc) is 3.01. The summed E-state index contributed by atoms with van der Waals surface area (Å²) >= 11 is 1.23. The highest BCUT2D eigenvalue weighted by Gasteiger charge is 2.25. The molecule has 1 aromatic heterocycles. The fourth-order valence-electron chi connectivity index (χ4n) is 3.11. The maximum Gasteiger partial charge on any atom is 0.269 e. The Labute approximate surface area is 173 Å². The molecule has 7 nitrogen and oxygen atoms in total. The Bertz CT molecular complexity index is 1180. The molecule has 9 heteroatoms. The van der Waals surface area contributed by atoms with E-state index in [0.29, 0.717) is 34.8 Å². The van der Waals surface area contributed by atoms with E-state index in [1.807, 2.05) is 6.92 Å². The summed E-state index contributed by atoms with van der Waals surface area (Å²) < 4.78 is 42.7. The Morgan fingerprint density at radius 3 is 2.45 bits per heavy atom. The summed E-state index contributed by atoms with van der Waals surface area (Å²) in [5.41, 5.74) is 0.395. The average molecular weight is 438 g/mol. The first kappa shape index (κ1) is 21.2. The monoisotopic (exact) mass is 437 g/mol. The van der Waals surface area contributed by atoms with Crippen molar-refractivity contribution in [2.45, 2.75) is 13.0 Å². The Morgan fingerprint density at radius 2 is 1.83 bits per heavy atom. The molecule has 3 aromatic rings. The van der Waals surface area contributed by atoms with Crippen molar-refractivity contribution >= 4 is 31.5 Å². The van der Waals surface area contributed by atoms with Gasteiger partial charge in [-0.05, 0) is 42.8 Å². The molecule has 0 aliphatic rings. The molecule has 0 aliphatic carbocycles. The van der Waals surface area contributed by atoms with Crippen LogP contribution in [0.15, 0.2) is 41.2 Å². The van der Waals surface area contributed by atoms with Crippen LogP contribution in [-0.2, 0) is 9.84 Å². The van der Waals surface area contributed by atoms with E-state index in [-0.39, 0.29) is 11.3 Å². The summed E-state index contributed by atoms with van der Waals surface area (Å²) in [6.45, 7) is 2.28. The van der Waals surface area contributed by atoms with Crippen LogP contribution >= 0.6 is 11.5 Å². The van der Waals surface area contributed by atoms with Gasteiger partial charge in [-0.25, -0.2) is 8.42 Å². The number of rotatable bonds is 8. The van der Waals surface area contributed by atoms with Gasteiger partial charge >= 0.3 is 0 Å². The van der Waals surface area contributed by atoms with E-state index in [4.69, 9.17) is 14.2 Å². The smallest absolute Gasteiger partial charge is 0.269 e. The van der Waals surface area contributed by atoms with Crippen LogP contribution in [0.4, 0.5) is 0 Å². The quantitative estimate of drug-likeness (QED) is 0.538. The van der Waals surface area contributed by atoms with E-state index in [2.05, 4.69) is 0 Å². The van der Waals surface area contributed by atoms with Gasteiger partial charge in [-0.3, -0.25) is 8.75 Å². The molecule has 156 valence electrons. The predicted molar refractivity (Wildman–Crippen MR) is 115 cm³/mol. The van der Waals surface area contributed by atoms with Crippen LogP contribution in [-0.4, -0.2) is 45.2 Å². The van der Waals surface area contributed by atoms with Gasteiger partial charge in [0, 0.05) is 6.26 Å². The molecule has 0 aliphatic heterocycles. The van der Waals surface area contributed by atoms with Crippen LogP contribution in [0, 0.1) is 0 Å². The molecule has 3 rings (SSSR count). The number of fused-ring (bicyclic) bond motifs is 1. The molecule has 0 saturated heterocycles. The number of benzene rings is 2. The van der Waals surface area contributed by atoms with E-state index in [1.165, 1.54) is 29.7 Å². The summed E-state index contributed by atoms with van der Waals surface area (Å²) in [4.78, 5) is 13.1. The largest absolute Gasteiger partial charge is 0.497 e. The third kappa shape index (κ3) is 4.56. The minimum atomic E-state index is -3.38. The summed E-state index contributed by atoms with van der Waals surface area (Å²) in [6.07, 6.45) is 1.16. The van der Waals surface area contributed by atoms with Crippen molar-refractivity contribution in [2.75, 3.05) is 32.8 Å². The summed E-state index contributed by atoms with van der Waals surface area (Å²) in [6, 6.07) is 9.76. The molecule has 0 unspecified atom stereocenters. The number of sulfone groups is 1. The molecule has 1 heterocycles. The molecule has 0 radical (unpaired) electrons. The Hall–Kier alpha value is -2.52. The van der Waals surface area contributed by atoms with E-state index in [1.54, 1.807) is 36.4 Å². The van der Waals surface area contributed by atoms with Crippen LogP contribution in [0.1, 0.15) is 18.5 Å². The molecular formula is C20H23NO6S2. The van der Waals surface area contributed by atoms with Crippen LogP contribution in [0.25, 0.3) is 10.1 Å². The first-order chi connectivity index (χ1) is 13.8. The minimum Gasteiger partial charge on any atom is -0.497 e. The van der Waals surface area contributed by atoms with Gasteiger partial charge < -0.3 is 14.2 Å². The highest BCUT2D eigenvalue weighted by molar-refractivity contribution is 7.90. The zero-order valence-corrected chi connectivity index (χ0v) is 18.3. The van der Waals surface area contributed by atoms with Crippen molar-refractivity contribution in [1.82, 2.24) is 3.96 Å². The van der Waals surface area contributed by atoms with Crippen LogP contribution in [0.5, 0.6) is 17.2 Å². The van der Waals surface area contributed by atoms with E-state index in [0.717, 1.165) is 11.0 Å². The lowest BCUT2D eigenvalue weighted by molar-refractivity contribution is 0.310. The van der Waals surface area contributed by atoms with Crippen molar-refractivity contribution in [3.05, 3.63) is 52.3 Å². The van der Waals surface area contributed by atoms with Gasteiger partial charge in [0.15, 0.2) is 11.5 Å². The molecule has 29 heavy (non-hydrogen) atoms. The number of hydrogen-bond donors (Lipinski definition) is 0. The summed E-state index contributed by atoms with van der Waals surface area (Å²) in [5.74, 6) is 1.40. The number of aromatic nitrogens is 1. The van der Waals surface area contributed by atoms with Gasteiger partial charge in [-0.2, -0.15) is 0 Å². The number of ether oxygens (including phenoxy) is 3. The van der Waals surface area contributed by atoms with E-state index >= 15 is 0 Å². The standard InChI is InChI=1S/C20H23NO6S2/c1-5-27-18-10-13(6-8-17(18)26-3)16(12-29(4,23)24)21-20(22)15-11-14(25-2)7-9-19(15)28-21/h6-11,16H,5,12H2,1-4H3/t16-/m1/s1. The topological polar surface area (TPSA) is 83.8 Å². The van der Waals surface area contributed by atoms with Crippen LogP contribution in [0.2, 0.25) is 0 Å². The molecule has 0 spiro atoms. The molecule has 1 atom stereocenters. The number of methoxy groups -OCH3 is 2. The third-order valence-corrected chi connectivity index (χ3v) is 6.52. The Morgan fingerprint density at radius 1 is 1.07 bits per heavy atom. The maximum atomic E-state index is 13.1. The van der Waals surface area contributed by atoms with Crippen molar-refractivity contribution < 1.29 is 22.6 Å². The number of nitrogens with zero attached hydrogens (tertiary/aromatic N) is 1. The van der Waals surface area contributed by atoms with Crippen molar-refractivity contribution in [3.63, 3.8) is 0 Å². The molecule has 0 fully saturated rings. The zero-order chi connectivity index (χ0) is 21.2. The van der Waals surface area contributed by atoms with Crippen molar-refractivity contribution in [2.24, 2.45) is 0 Å². The third-order valence-electron chi connectivity index (χ3n) is 4.43. The highest BCUT2D eigenvalue weighted by Crippen LogP contribution is 2.33. The van der Waals surface area contributed by atoms with Crippen LogP contribution in [0.3, 0.4) is 0 Å². The molecule has 2 aromatic carbocycles. The molecule has 0 amide bonds. The maximum absolute atomic E-state index is 13.1. The van der Waals surface area contributed by atoms with Gasteiger partial charge in [0.1, 0.15) is 15.6 Å². The molecule has 0 bridgehead atoms. The van der Waals surface area contributed by atoms with Gasteiger partial charge in [0.2, 0.25) is 0 Å². The zero-order valence-electron chi connectivity index (χ0n) is 16.7. The van der Waals surface area contributed by atoms with Crippen LogP contribution < -0.4 is 19.8 Å². The fourth-order valence-corrected chi connectivity index (χ4v) is 5.21. The molecular weight excluding hydrogens is 414 g/mol. The summed E-state index contributed by atoms with van der Waals surface area (Å²) in [5, 5.41) is 0.492. The van der Waals surface area contributed by atoms with E-state index in [9.17, 15) is 13.2 Å². The lowest BCUT2D eigenvalue weighted by Crippen LogP contribution is -2.26. The normalized spacial score (nSPS) is 12.7. The number of hydrogen-bond acceptors (Lipinski definition) is 7. The van der Waals surface area contributed by atoms with Gasteiger partial charge in [0.25, 0.3) is 5.56 Å². The predicted octanol–water partition coefficient (Wildman–Crippen LogP) is 3.11. The second-order valence-corrected chi connectivity index (χ2v) is 9.74. The molecule has 0 saturated carbocycles. The second-order valence-electron chi connectivity index (χ2n) is 6.54. The van der Waals surface area contributed by atoms with Gasteiger partial charge in [-0.15, -0.1) is 0 Å². The second kappa shape index (κ2) is 8.46. The van der Waals surface area contributed by atoms with Gasteiger partial charge in [-0.1, -0.05) is 17.6 Å². The summed E-state index contributed by atoms with van der Waals surface area (Å²) in [7, 11) is -0.307. The fraction of sp³-hybridized carbons (Fsp3) is 0.350. The lowest BCUT2D eigenvalue weighted by atomic mass is 10.1. The van der Waals surface area contributed by atoms with Gasteiger partial charge in [0.05, 0.1) is 42.7 Å². The Kier molecular flexibility index (Phi) is 6.18.